The summed E-state index contributed by atoms with van der Waals surface area (Å²) in [6, 6.07) is 0. The van der Waals surface area contributed by atoms with Gasteiger partial charge in [-0.3, -0.25) is 4.79 Å². The summed E-state index contributed by atoms with van der Waals surface area (Å²) in [6.45, 7) is 8.18. The third-order valence-electron chi connectivity index (χ3n) is 2.74. The number of hydrogen-bond acceptors (Lipinski definition) is 4. The number of hydrogen-bond donors (Lipinski definition) is 0. The van der Waals surface area contributed by atoms with Gasteiger partial charge in [-0.25, -0.2) is 4.79 Å². The molecule has 6 heteroatoms. The van der Waals surface area contributed by atoms with Crippen molar-refractivity contribution in [3.05, 3.63) is 0 Å². The first-order valence-corrected chi connectivity index (χ1v) is 6.59. The fraction of sp³-hybridized carbons (Fsp3) is 0.846. The van der Waals surface area contributed by atoms with Gasteiger partial charge in [0.05, 0.1) is 6.54 Å². The molecule has 0 saturated carbocycles. The van der Waals surface area contributed by atoms with Crippen LogP contribution in [0.25, 0.3) is 0 Å². The normalized spacial score (nSPS) is 16.7. The number of piperazine rings is 1. The van der Waals surface area contributed by atoms with Crippen LogP contribution < -0.4 is 0 Å². The molecule has 0 spiro atoms. The summed E-state index contributed by atoms with van der Waals surface area (Å²) in [5.74, 6) is 0.105. The molecule has 1 saturated heterocycles. The van der Waals surface area contributed by atoms with Crippen LogP contribution in [0, 0.1) is 0 Å². The van der Waals surface area contributed by atoms with E-state index in [1.807, 2.05) is 39.8 Å². The van der Waals surface area contributed by atoms with Gasteiger partial charge in [0.25, 0.3) is 0 Å². The third kappa shape index (κ3) is 5.46. The second-order valence-electron chi connectivity index (χ2n) is 6.09. The maximum atomic E-state index is 11.9. The summed E-state index contributed by atoms with van der Waals surface area (Å²) in [7, 11) is 3.74. The van der Waals surface area contributed by atoms with Gasteiger partial charge in [0.15, 0.2) is 0 Å². The molecule has 0 unspecified atom stereocenters. The lowest BCUT2D eigenvalue weighted by Gasteiger charge is -2.36. The SMILES string of the molecule is CN(C)CC(=O)N1CCN(C(=O)OC(C)(C)C)CC1. The quantitative estimate of drug-likeness (QED) is 0.739. The maximum Gasteiger partial charge on any atom is 0.410 e. The Morgan fingerprint density at radius 1 is 1.05 bits per heavy atom. The summed E-state index contributed by atoms with van der Waals surface area (Å²) >= 11 is 0. The van der Waals surface area contributed by atoms with Gasteiger partial charge in [0, 0.05) is 26.2 Å². The van der Waals surface area contributed by atoms with Crippen LogP contribution in [0.4, 0.5) is 4.79 Å². The lowest BCUT2D eigenvalue weighted by molar-refractivity contribution is -0.133. The molecule has 0 N–H and O–H groups in total. The molecule has 0 aromatic heterocycles. The van der Waals surface area contributed by atoms with E-state index in [9.17, 15) is 9.59 Å². The van der Waals surface area contributed by atoms with Crippen molar-refractivity contribution in [2.24, 2.45) is 0 Å². The minimum atomic E-state index is -0.477. The minimum Gasteiger partial charge on any atom is -0.444 e. The van der Waals surface area contributed by atoms with E-state index in [0.29, 0.717) is 32.7 Å². The highest BCUT2D eigenvalue weighted by Crippen LogP contribution is 2.11. The smallest absolute Gasteiger partial charge is 0.410 e. The lowest BCUT2D eigenvalue weighted by atomic mass is 10.2. The van der Waals surface area contributed by atoms with Crippen LogP contribution in [-0.4, -0.2) is 79.1 Å². The second kappa shape index (κ2) is 6.23. The predicted octanol–water partition coefficient (Wildman–Crippen LogP) is 0.627. The number of rotatable bonds is 2. The molecule has 19 heavy (non-hydrogen) atoms. The monoisotopic (exact) mass is 271 g/mol. The van der Waals surface area contributed by atoms with Gasteiger partial charge in [-0.1, -0.05) is 0 Å². The average Bonchev–Trinajstić information content (AvgIpc) is 2.26. The van der Waals surface area contributed by atoms with Gasteiger partial charge in [0.1, 0.15) is 5.60 Å². The zero-order valence-corrected chi connectivity index (χ0v) is 12.6. The molecule has 0 atom stereocenters. The zero-order chi connectivity index (χ0) is 14.6. The van der Waals surface area contributed by atoms with Crippen molar-refractivity contribution >= 4 is 12.0 Å². The van der Waals surface area contributed by atoms with Crippen molar-refractivity contribution < 1.29 is 14.3 Å². The topological polar surface area (TPSA) is 53.1 Å². The molecular weight excluding hydrogens is 246 g/mol. The van der Waals surface area contributed by atoms with E-state index >= 15 is 0 Å². The van der Waals surface area contributed by atoms with Crippen LogP contribution in [0.2, 0.25) is 0 Å². The van der Waals surface area contributed by atoms with E-state index in [2.05, 4.69) is 0 Å². The predicted molar refractivity (Wildman–Crippen MR) is 72.9 cm³/mol. The number of likely N-dealkylation sites (N-methyl/N-ethyl adjacent to an activating group) is 1. The second-order valence-corrected chi connectivity index (χ2v) is 6.09. The molecule has 1 fully saturated rings. The highest BCUT2D eigenvalue weighted by atomic mass is 16.6. The number of ether oxygens (including phenoxy) is 1. The highest BCUT2D eigenvalue weighted by molar-refractivity contribution is 5.78. The first-order valence-electron chi connectivity index (χ1n) is 6.59. The summed E-state index contributed by atoms with van der Waals surface area (Å²) in [4.78, 5) is 29.0. The largest absolute Gasteiger partial charge is 0.444 e. The number of carbonyl (C=O) groups excluding carboxylic acids is 2. The van der Waals surface area contributed by atoms with Crippen molar-refractivity contribution in [2.45, 2.75) is 26.4 Å². The average molecular weight is 271 g/mol. The Bertz CT molecular complexity index is 329. The Morgan fingerprint density at radius 3 is 1.95 bits per heavy atom. The Balaban J connectivity index is 2.40. The Labute approximate surface area is 115 Å². The van der Waals surface area contributed by atoms with Gasteiger partial charge >= 0.3 is 6.09 Å². The van der Waals surface area contributed by atoms with Crippen LogP contribution in [0.1, 0.15) is 20.8 Å². The molecule has 1 rings (SSSR count). The third-order valence-corrected chi connectivity index (χ3v) is 2.74. The van der Waals surface area contributed by atoms with Gasteiger partial charge in [0.2, 0.25) is 5.91 Å². The van der Waals surface area contributed by atoms with E-state index in [1.165, 1.54) is 0 Å². The van der Waals surface area contributed by atoms with Gasteiger partial charge in [-0.2, -0.15) is 0 Å². The molecule has 0 aromatic carbocycles. The van der Waals surface area contributed by atoms with Crippen molar-refractivity contribution in [1.82, 2.24) is 14.7 Å². The Morgan fingerprint density at radius 2 is 1.53 bits per heavy atom. The van der Waals surface area contributed by atoms with Gasteiger partial charge < -0.3 is 19.4 Å². The van der Waals surface area contributed by atoms with Gasteiger partial charge in [-0.05, 0) is 34.9 Å². The van der Waals surface area contributed by atoms with Crippen LogP contribution in [0.3, 0.4) is 0 Å². The molecule has 6 nitrogen and oxygen atoms in total. The van der Waals surface area contributed by atoms with Crippen molar-refractivity contribution in [3.63, 3.8) is 0 Å². The van der Waals surface area contributed by atoms with Crippen molar-refractivity contribution in [1.29, 1.82) is 0 Å². The Hall–Kier alpha value is -1.30. The summed E-state index contributed by atoms with van der Waals surface area (Å²) in [5, 5.41) is 0. The first kappa shape index (κ1) is 15.8. The summed E-state index contributed by atoms with van der Waals surface area (Å²) in [6.07, 6.45) is -0.299. The highest BCUT2D eigenvalue weighted by Gasteiger charge is 2.27. The molecule has 0 bridgehead atoms. The van der Waals surface area contributed by atoms with Gasteiger partial charge in [-0.15, -0.1) is 0 Å². The first-order chi connectivity index (χ1) is 8.69. The van der Waals surface area contributed by atoms with Crippen molar-refractivity contribution in [2.75, 3.05) is 46.8 Å². The standard InChI is InChI=1S/C13H25N3O3/c1-13(2,3)19-12(18)16-8-6-15(7-9-16)11(17)10-14(4)5/h6-10H2,1-5H3. The molecule has 1 aliphatic heterocycles. The maximum absolute atomic E-state index is 11.9. The molecule has 110 valence electrons. The van der Waals surface area contributed by atoms with E-state index in [0.717, 1.165) is 0 Å². The fourth-order valence-corrected chi connectivity index (χ4v) is 1.84. The summed E-state index contributed by atoms with van der Waals surface area (Å²) < 4.78 is 5.31. The van der Waals surface area contributed by atoms with E-state index in [1.54, 1.807) is 9.80 Å². The lowest BCUT2D eigenvalue weighted by Crippen LogP contribution is -2.53. The van der Waals surface area contributed by atoms with E-state index in [4.69, 9.17) is 4.74 Å². The molecule has 1 aliphatic rings. The molecule has 2 amide bonds. The molecule has 1 heterocycles. The fourth-order valence-electron chi connectivity index (χ4n) is 1.84. The molecule has 0 aliphatic carbocycles. The minimum absolute atomic E-state index is 0.105. The zero-order valence-electron chi connectivity index (χ0n) is 12.6. The van der Waals surface area contributed by atoms with Crippen LogP contribution in [0.5, 0.6) is 0 Å². The Kier molecular flexibility index (Phi) is 5.17. The van der Waals surface area contributed by atoms with Crippen LogP contribution >= 0.6 is 0 Å². The van der Waals surface area contributed by atoms with E-state index < -0.39 is 5.60 Å². The van der Waals surface area contributed by atoms with Crippen LogP contribution in [0.15, 0.2) is 0 Å². The van der Waals surface area contributed by atoms with Crippen LogP contribution in [-0.2, 0) is 9.53 Å². The van der Waals surface area contributed by atoms with E-state index in [-0.39, 0.29) is 12.0 Å². The summed E-state index contributed by atoms with van der Waals surface area (Å²) in [5.41, 5.74) is -0.477. The molecular formula is C13H25N3O3. The molecule has 0 aromatic rings. The van der Waals surface area contributed by atoms with Crippen molar-refractivity contribution in [3.8, 4) is 0 Å². The molecule has 0 radical (unpaired) electrons. The number of amides is 2. The number of nitrogens with zero attached hydrogens (tertiary/aromatic N) is 3. The number of carbonyl (C=O) groups is 2.